The first-order valence-electron chi connectivity index (χ1n) is 4.77. The van der Waals surface area contributed by atoms with Crippen LogP contribution in [0.3, 0.4) is 0 Å². The topological polar surface area (TPSA) is 61.5 Å². The second kappa shape index (κ2) is 6.03. The average Bonchev–Trinajstić information content (AvgIpc) is 2.24. The maximum atomic E-state index is 10.7. The van der Waals surface area contributed by atoms with Crippen molar-refractivity contribution in [1.82, 2.24) is 0 Å². The van der Waals surface area contributed by atoms with Gasteiger partial charge in [0.25, 0.3) is 0 Å². The minimum atomic E-state index is -0.414. The Hall–Kier alpha value is -1.55. The lowest BCUT2D eigenvalue weighted by atomic mass is 10.2. The highest BCUT2D eigenvalue weighted by Gasteiger charge is 1.98. The van der Waals surface area contributed by atoms with Gasteiger partial charge in [-0.05, 0) is 24.6 Å². The molecule has 0 unspecified atom stereocenters. The summed E-state index contributed by atoms with van der Waals surface area (Å²) in [5, 5.41) is 0. The number of esters is 1. The quantitative estimate of drug-likeness (QED) is 0.577. The van der Waals surface area contributed by atoms with Crippen LogP contribution in [0.1, 0.15) is 5.56 Å². The molecular weight excluding hydrogens is 194 g/mol. The van der Waals surface area contributed by atoms with E-state index in [-0.39, 0.29) is 13.2 Å². The van der Waals surface area contributed by atoms with E-state index < -0.39 is 5.97 Å². The fourth-order valence-corrected chi connectivity index (χ4v) is 1.08. The Morgan fingerprint density at radius 3 is 2.87 bits per heavy atom. The molecule has 0 aliphatic rings. The van der Waals surface area contributed by atoms with E-state index in [2.05, 4.69) is 0 Å². The van der Waals surface area contributed by atoms with Gasteiger partial charge in [-0.3, -0.25) is 4.79 Å². The van der Waals surface area contributed by atoms with E-state index >= 15 is 0 Å². The van der Waals surface area contributed by atoms with Crippen LogP contribution in [0.25, 0.3) is 0 Å². The molecule has 0 saturated carbocycles. The van der Waals surface area contributed by atoms with E-state index in [0.29, 0.717) is 6.61 Å². The molecule has 0 aliphatic carbocycles. The predicted octanol–water partition coefficient (Wildman–Crippen LogP) is 0.876. The maximum Gasteiger partial charge on any atom is 0.319 e. The van der Waals surface area contributed by atoms with Crippen LogP contribution in [0.2, 0.25) is 0 Å². The molecule has 0 bridgehead atoms. The Labute approximate surface area is 89.0 Å². The normalized spacial score (nSPS) is 9.73. The largest absolute Gasteiger partial charge is 0.490 e. The van der Waals surface area contributed by atoms with Crippen molar-refractivity contribution < 1.29 is 14.3 Å². The second-order valence-electron chi connectivity index (χ2n) is 3.09. The van der Waals surface area contributed by atoms with Gasteiger partial charge in [0.15, 0.2) is 0 Å². The summed E-state index contributed by atoms with van der Waals surface area (Å²) in [6, 6.07) is 7.68. The first-order valence-corrected chi connectivity index (χ1v) is 4.77. The van der Waals surface area contributed by atoms with Crippen LogP contribution in [0.15, 0.2) is 24.3 Å². The van der Waals surface area contributed by atoms with Crippen molar-refractivity contribution in [3.8, 4) is 5.75 Å². The summed E-state index contributed by atoms with van der Waals surface area (Å²) in [5.41, 5.74) is 6.20. The van der Waals surface area contributed by atoms with Gasteiger partial charge in [-0.2, -0.15) is 0 Å². The first-order chi connectivity index (χ1) is 7.22. The van der Waals surface area contributed by atoms with Crippen molar-refractivity contribution in [2.24, 2.45) is 5.73 Å². The van der Waals surface area contributed by atoms with Crippen LogP contribution in [0.5, 0.6) is 5.75 Å². The van der Waals surface area contributed by atoms with Gasteiger partial charge in [-0.15, -0.1) is 0 Å². The first kappa shape index (κ1) is 11.5. The number of ether oxygens (including phenoxy) is 2. The van der Waals surface area contributed by atoms with Crippen LogP contribution in [-0.4, -0.2) is 25.7 Å². The zero-order chi connectivity index (χ0) is 11.1. The van der Waals surface area contributed by atoms with Gasteiger partial charge in [-0.1, -0.05) is 12.1 Å². The molecule has 0 spiro atoms. The molecular formula is C11H15NO3. The van der Waals surface area contributed by atoms with Gasteiger partial charge in [0.05, 0.1) is 6.54 Å². The van der Waals surface area contributed by atoms with Crippen molar-refractivity contribution in [2.45, 2.75) is 6.92 Å². The molecule has 4 nitrogen and oxygen atoms in total. The fourth-order valence-electron chi connectivity index (χ4n) is 1.08. The molecule has 1 aromatic rings. The molecule has 0 atom stereocenters. The van der Waals surface area contributed by atoms with E-state index in [9.17, 15) is 4.79 Å². The summed E-state index contributed by atoms with van der Waals surface area (Å²) in [5.74, 6) is 0.363. The highest BCUT2D eigenvalue weighted by atomic mass is 16.6. The van der Waals surface area contributed by atoms with E-state index in [1.165, 1.54) is 0 Å². The molecule has 4 heteroatoms. The zero-order valence-electron chi connectivity index (χ0n) is 8.73. The number of benzene rings is 1. The molecule has 15 heavy (non-hydrogen) atoms. The van der Waals surface area contributed by atoms with Crippen molar-refractivity contribution in [2.75, 3.05) is 19.8 Å². The van der Waals surface area contributed by atoms with Gasteiger partial charge in [0, 0.05) is 0 Å². The van der Waals surface area contributed by atoms with Gasteiger partial charge < -0.3 is 15.2 Å². The average molecular weight is 209 g/mol. The summed E-state index contributed by atoms with van der Waals surface area (Å²) in [6.45, 7) is 2.46. The van der Waals surface area contributed by atoms with Crippen molar-refractivity contribution in [1.29, 1.82) is 0 Å². The number of hydrogen-bond donors (Lipinski definition) is 1. The summed E-state index contributed by atoms with van der Waals surface area (Å²) >= 11 is 0. The third kappa shape index (κ3) is 4.46. The number of carbonyl (C=O) groups is 1. The van der Waals surface area contributed by atoms with E-state index in [0.717, 1.165) is 11.3 Å². The standard InChI is InChI=1S/C11H15NO3/c1-9-3-2-4-10(7-9)14-5-6-15-11(13)8-12/h2-4,7H,5-6,8,12H2,1H3. The Kier molecular flexibility index (Phi) is 4.63. The third-order valence-electron chi connectivity index (χ3n) is 1.77. The second-order valence-corrected chi connectivity index (χ2v) is 3.09. The van der Waals surface area contributed by atoms with Gasteiger partial charge >= 0.3 is 5.97 Å². The van der Waals surface area contributed by atoms with Crippen LogP contribution in [0, 0.1) is 6.92 Å². The molecule has 0 fully saturated rings. The van der Waals surface area contributed by atoms with Crippen LogP contribution >= 0.6 is 0 Å². The van der Waals surface area contributed by atoms with Crippen LogP contribution in [-0.2, 0) is 9.53 Å². The number of aryl methyl sites for hydroxylation is 1. The van der Waals surface area contributed by atoms with Crippen LogP contribution in [0.4, 0.5) is 0 Å². The minimum Gasteiger partial charge on any atom is -0.490 e. The Morgan fingerprint density at radius 2 is 2.20 bits per heavy atom. The highest BCUT2D eigenvalue weighted by molar-refractivity contribution is 5.71. The zero-order valence-corrected chi connectivity index (χ0v) is 8.73. The van der Waals surface area contributed by atoms with Crippen molar-refractivity contribution in [3.63, 3.8) is 0 Å². The number of carbonyl (C=O) groups excluding carboxylic acids is 1. The highest BCUT2D eigenvalue weighted by Crippen LogP contribution is 2.11. The maximum absolute atomic E-state index is 10.7. The van der Waals surface area contributed by atoms with E-state index in [1.807, 2.05) is 31.2 Å². The molecule has 1 aromatic carbocycles. The third-order valence-corrected chi connectivity index (χ3v) is 1.77. The number of hydrogen-bond acceptors (Lipinski definition) is 4. The molecule has 0 heterocycles. The molecule has 0 radical (unpaired) electrons. The molecule has 1 rings (SSSR count). The lowest BCUT2D eigenvalue weighted by Crippen LogP contribution is -2.19. The predicted molar refractivity (Wildman–Crippen MR) is 56.7 cm³/mol. The SMILES string of the molecule is Cc1cccc(OCCOC(=O)CN)c1. The summed E-state index contributed by atoms with van der Waals surface area (Å²) in [7, 11) is 0. The van der Waals surface area contributed by atoms with E-state index in [1.54, 1.807) is 0 Å². The summed E-state index contributed by atoms with van der Waals surface area (Å²) in [4.78, 5) is 10.7. The van der Waals surface area contributed by atoms with E-state index in [4.69, 9.17) is 15.2 Å². The lowest BCUT2D eigenvalue weighted by Gasteiger charge is -2.07. The van der Waals surface area contributed by atoms with Crippen molar-refractivity contribution >= 4 is 5.97 Å². The fraction of sp³-hybridized carbons (Fsp3) is 0.364. The molecule has 0 saturated heterocycles. The van der Waals surface area contributed by atoms with Gasteiger partial charge in [0.2, 0.25) is 0 Å². The van der Waals surface area contributed by atoms with Gasteiger partial charge in [-0.25, -0.2) is 0 Å². The Balaban J connectivity index is 2.23. The molecule has 0 aliphatic heterocycles. The molecule has 82 valence electrons. The summed E-state index contributed by atoms with van der Waals surface area (Å²) in [6.07, 6.45) is 0. The minimum absolute atomic E-state index is 0.0928. The molecule has 0 amide bonds. The smallest absolute Gasteiger partial charge is 0.319 e. The lowest BCUT2D eigenvalue weighted by molar-refractivity contribution is -0.142. The van der Waals surface area contributed by atoms with Gasteiger partial charge in [0.1, 0.15) is 19.0 Å². The monoisotopic (exact) mass is 209 g/mol. The van der Waals surface area contributed by atoms with Crippen LogP contribution < -0.4 is 10.5 Å². The summed E-state index contributed by atoms with van der Waals surface area (Å²) < 4.78 is 10.1. The Morgan fingerprint density at radius 1 is 1.40 bits per heavy atom. The Bertz CT molecular complexity index is 325. The molecule has 0 aromatic heterocycles. The molecule has 2 N–H and O–H groups in total. The number of nitrogens with two attached hydrogens (primary N) is 1. The number of rotatable bonds is 5. The van der Waals surface area contributed by atoms with Crippen molar-refractivity contribution in [3.05, 3.63) is 29.8 Å².